The first-order valence-corrected chi connectivity index (χ1v) is 12.6. The summed E-state index contributed by atoms with van der Waals surface area (Å²) in [6.07, 6.45) is 0. The fourth-order valence-corrected chi connectivity index (χ4v) is 4.80. The van der Waals surface area contributed by atoms with E-state index in [9.17, 15) is 9.59 Å². The van der Waals surface area contributed by atoms with Crippen LogP contribution in [0.5, 0.6) is 11.5 Å². The molecule has 194 valence electrons. The average molecular weight is 499 g/mol. The molecule has 10 nitrogen and oxygen atoms in total. The van der Waals surface area contributed by atoms with Crippen molar-refractivity contribution in [2.24, 2.45) is 0 Å². The van der Waals surface area contributed by atoms with Crippen molar-refractivity contribution in [3.8, 4) is 11.5 Å². The molecule has 5 rings (SSSR count). The number of fused-ring (bicyclic) bond motifs is 1. The highest BCUT2D eigenvalue weighted by molar-refractivity contribution is 5.91. The van der Waals surface area contributed by atoms with E-state index in [-0.39, 0.29) is 18.6 Å². The molecule has 4 heterocycles. The molecule has 10 heteroatoms. The van der Waals surface area contributed by atoms with Gasteiger partial charge in [-0.3, -0.25) is 19.4 Å². The molecule has 0 aliphatic carbocycles. The molecule has 0 unspecified atom stereocenters. The number of nitrogens with zero attached hydrogens (tertiary/aromatic N) is 4. The monoisotopic (exact) mass is 498 g/mol. The highest BCUT2D eigenvalue weighted by Gasteiger charge is 2.25. The van der Waals surface area contributed by atoms with E-state index in [0.717, 1.165) is 68.8 Å². The maximum Gasteiger partial charge on any atom is 0.289 e. The summed E-state index contributed by atoms with van der Waals surface area (Å²) in [6.45, 7) is 10.5. The van der Waals surface area contributed by atoms with Crippen LogP contribution in [0.4, 0.5) is 0 Å². The van der Waals surface area contributed by atoms with Gasteiger partial charge in [-0.05, 0) is 29.8 Å². The van der Waals surface area contributed by atoms with E-state index in [1.165, 1.54) is 0 Å². The third-order valence-electron chi connectivity index (χ3n) is 6.94. The van der Waals surface area contributed by atoms with Crippen molar-refractivity contribution in [3.05, 3.63) is 47.4 Å². The molecule has 0 saturated carbocycles. The summed E-state index contributed by atoms with van der Waals surface area (Å²) in [5.41, 5.74) is 1.13. The van der Waals surface area contributed by atoms with Crippen molar-refractivity contribution in [3.63, 3.8) is 0 Å². The maximum atomic E-state index is 13.0. The molecule has 2 aromatic rings. The number of amides is 2. The Kier molecular flexibility index (Phi) is 7.74. The van der Waals surface area contributed by atoms with Crippen LogP contribution in [0.25, 0.3) is 0 Å². The molecule has 1 aromatic carbocycles. The van der Waals surface area contributed by atoms with E-state index in [1.807, 2.05) is 18.2 Å². The Morgan fingerprint density at radius 3 is 2.42 bits per heavy atom. The summed E-state index contributed by atoms with van der Waals surface area (Å²) >= 11 is 0. The minimum atomic E-state index is -0.125. The predicted octanol–water partition coefficient (Wildman–Crippen LogP) is 1.65. The second-order valence-corrected chi connectivity index (χ2v) is 9.42. The molecule has 0 spiro atoms. The van der Waals surface area contributed by atoms with Crippen LogP contribution in [0.15, 0.2) is 34.7 Å². The van der Waals surface area contributed by atoms with Crippen LogP contribution in [-0.4, -0.2) is 104 Å². The van der Waals surface area contributed by atoms with Crippen LogP contribution >= 0.6 is 0 Å². The van der Waals surface area contributed by atoms with Crippen molar-refractivity contribution >= 4 is 11.8 Å². The molecule has 2 saturated heterocycles. The van der Waals surface area contributed by atoms with Crippen molar-refractivity contribution in [2.75, 3.05) is 72.4 Å². The second-order valence-electron chi connectivity index (χ2n) is 9.42. The zero-order valence-electron chi connectivity index (χ0n) is 20.8. The number of carbonyl (C=O) groups is 2. The highest BCUT2D eigenvalue weighted by atomic mass is 16.7. The predicted molar refractivity (Wildman–Crippen MR) is 131 cm³/mol. The van der Waals surface area contributed by atoms with Crippen LogP contribution in [-0.2, 0) is 22.6 Å². The Labute approximate surface area is 211 Å². The van der Waals surface area contributed by atoms with Crippen LogP contribution < -0.4 is 9.47 Å². The molecule has 0 radical (unpaired) electrons. The number of hydrogen-bond donors (Lipinski definition) is 0. The molecule has 2 fully saturated rings. The fourth-order valence-electron chi connectivity index (χ4n) is 4.80. The Morgan fingerprint density at radius 1 is 0.889 bits per heavy atom. The van der Waals surface area contributed by atoms with E-state index in [0.29, 0.717) is 38.5 Å². The van der Waals surface area contributed by atoms with Gasteiger partial charge in [0.15, 0.2) is 17.3 Å². The van der Waals surface area contributed by atoms with Crippen molar-refractivity contribution in [2.45, 2.75) is 20.0 Å². The Balaban J connectivity index is 1.23. The first-order valence-electron chi connectivity index (χ1n) is 12.6. The lowest BCUT2D eigenvalue weighted by molar-refractivity contribution is -0.130. The van der Waals surface area contributed by atoms with Gasteiger partial charge in [0, 0.05) is 65.8 Å². The summed E-state index contributed by atoms with van der Waals surface area (Å²) in [5.74, 6) is 2.57. The lowest BCUT2D eigenvalue weighted by atomic mass is 10.2. The minimum Gasteiger partial charge on any atom is -0.455 e. The summed E-state index contributed by atoms with van der Waals surface area (Å²) < 4.78 is 22.5. The van der Waals surface area contributed by atoms with E-state index in [2.05, 4.69) is 15.9 Å². The van der Waals surface area contributed by atoms with Gasteiger partial charge in [-0.15, -0.1) is 0 Å². The van der Waals surface area contributed by atoms with Crippen LogP contribution in [0.1, 0.15) is 28.8 Å². The van der Waals surface area contributed by atoms with E-state index < -0.39 is 0 Å². The molecule has 1 aromatic heterocycles. The first-order chi connectivity index (χ1) is 17.5. The lowest BCUT2D eigenvalue weighted by Gasteiger charge is -2.33. The molecular formula is C26H34N4O6. The summed E-state index contributed by atoms with van der Waals surface area (Å²) in [4.78, 5) is 32.8. The number of furan rings is 1. The highest BCUT2D eigenvalue weighted by Crippen LogP contribution is 2.33. The van der Waals surface area contributed by atoms with E-state index in [4.69, 9.17) is 18.6 Å². The van der Waals surface area contributed by atoms with Gasteiger partial charge in [0.2, 0.25) is 12.7 Å². The average Bonchev–Trinajstić information content (AvgIpc) is 3.57. The molecular weight excluding hydrogens is 464 g/mol. The Bertz CT molecular complexity index is 1060. The lowest BCUT2D eigenvalue weighted by Crippen LogP contribution is -2.50. The summed E-state index contributed by atoms with van der Waals surface area (Å²) in [5, 5.41) is 0. The normalized spacial score (nSPS) is 18.2. The van der Waals surface area contributed by atoms with Gasteiger partial charge in [0.1, 0.15) is 5.76 Å². The quantitative estimate of drug-likeness (QED) is 0.543. The fraction of sp³-hybridized carbons (Fsp3) is 0.538. The van der Waals surface area contributed by atoms with Crippen molar-refractivity contribution in [1.29, 1.82) is 0 Å². The topological polar surface area (TPSA) is 87.9 Å². The van der Waals surface area contributed by atoms with Crippen LogP contribution in [0, 0.1) is 0 Å². The van der Waals surface area contributed by atoms with Crippen LogP contribution in [0.3, 0.4) is 0 Å². The largest absolute Gasteiger partial charge is 0.455 e. The molecule has 0 bridgehead atoms. The molecule has 3 aliphatic heterocycles. The van der Waals surface area contributed by atoms with Gasteiger partial charge >= 0.3 is 0 Å². The summed E-state index contributed by atoms with van der Waals surface area (Å²) in [6, 6.07) is 9.69. The van der Waals surface area contributed by atoms with Crippen LogP contribution in [0.2, 0.25) is 0 Å². The Hall–Kier alpha value is -3.08. The molecule has 0 N–H and O–H groups in total. The molecule has 0 atom stereocenters. The van der Waals surface area contributed by atoms with E-state index in [1.54, 1.807) is 22.8 Å². The number of hydrogen-bond acceptors (Lipinski definition) is 8. The summed E-state index contributed by atoms with van der Waals surface area (Å²) in [7, 11) is 0. The minimum absolute atomic E-state index is 0.0435. The third kappa shape index (κ3) is 6.00. The number of benzene rings is 1. The van der Waals surface area contributed by atoms with E-state index >= 15 is 0 Å². The number of piperazine rings is 1. The standard InChI is InChI=1S/C26H34N4O6/c1-20(31)29-8-10-30(11-9-29)26(32)24-5-3-22(36-24)18-28(7-6-27-12-14-33-15-13-27)17-21-2-4-23-25(16-21)35-19-34-23/h2-5,16H,6-15,17-19H2,1H3. The smallest absolute Gasteiger partial charge is 0.289 e. The SMILES string of the molecule is CC(=O)N1CCN(C(=O)c2ccc(CN(CCN3CCOCC3)Cc3ccc4c(c3)OCO4)o2)CC1. The maximum absolute atomic E-state index is 13.0. The van der Waals surface area contributed by atoms with Gasteiger partial charge in [-0.2, -0.15) is 0 Å². The number of ether oxygens (including phenoxy) is 3. The third-order valence-corrected chi connectivity index (χ3v) is 6.94. The number of rotatable bonds is 8. The second kappa shape index (κ2) is 11.3. The zero-order chi connectivity index (χ0) is 24.9. The van der Waals surface area contributed by atoms with Gasteiger partial charge in [-0.25, -0.2) is 0 Å². The first kappa shape index (κ1) is 24.6. The van der Waals surface area contributed by atoms with Crippen molar-refractivity contribution in [1.82, 2.24) is 19.6 Å². The zero-order valence-corrected chi connectivity index (χ0v) is 20.8. The Morgan fingerprint density at radius 2 is 1.64 bits per heavy atom. The van der Waals surface area contributed by atoms with Gasteiger partial charge < -0.3 is 28.4 Å². The van der Waals surface area contributed by atoms with Gasteiger partial charge in [0.25, 0.3) is 5.91 Å². The number of morpholine rings is 1. The van der Waals surface area contributed by atoms with Gasteiger partial charge in [-0.1, -0.05) is 6.07 Å². The number of carbonyl (C=O) groups excluding carboxylic acids is 2. The molecule has 2 amide bonds. The molecule has 3 aliphatic rings. The van der Waals surface area contributed by atoms with Crippen molar-refractivity contribution < 1.29 is 28.2 Å². The van der Waals surface area contributed by atoms with Gasteiger partial charge in [0.05, 0.1) is 19.8 Å². The molecule has 36 heavy (non-hydrogen) atoms.